The summed E-state index contributed by atoms with van der Waals surface area (Å²) < 4.78 is 7.95. The van der Waals surface area contributed by atoms with Crippen LogP contribution in [-0.4, -0.2) is 40.7 Å². The zero-order valence-electron chi connectivity index (χ0n) is 16.0. The number of ether oxygens (including phenoxy) is 1. The second kappa shape index (κ2) is 7.71. The molecule has 1 aliphatic rings. The van der Waals surface area contributed by atoms with Crippen molar-refractivity contribution in [3.05, 3.63) is 69.6 Å². The monoisotopic (exact) mass is 415 g/mol. The van der Waals surface area contributed by atoms with E-state index in [4.69, 9.17) is 9.72 Å². The molecule has 4 heterocycles. The smallest absolute Gasteiger partial charge is 0.267 e. The quantitative estimate of drug-likeness (QED) is 0.478. The van der Waals surface area contributed by atoms with E-state index in [1.165, 1.54) is 15.7 Å². The fourth-order valence-corrected chi connectivity index (χ4v) is 4.44. The van der Waals surface area contributed by atoms with Crippen LogP contribution in [0.25, 0.3) is 27.5 Å². The molecule has 1 aliphatic heterocycles. The van der Waals surface area contributed by atoms with Crippen LogP contribution in [0, 0.1) is 11.3 Å². The molecule has 0 atom stereocenters. The van der Waals surface area contributed by atoms with Crippen molar-refractivity contribution in [2.75, 3.05) is 31.2 Å². The molecule has 0 radical (unpaired) electrons. The maximum Gasteiger partial charge on any atom is 0.267 e. The Morgan fingerprint density at radius 3 is 2.73 bits per heavy atom. The second-order valence-electron chi connectivity index (χ2n) is 6.84. The minimum Gasteiger partial charge on any atom is -0.378 e. The maximum atomic E-state index is 13.3. The standard InChI is InChI=1S/C22H17N5O2S/c23-14-15(21-24-17-5-1-2-6-18(17)30-21)13-16-20(26-9-11-29-12-10-26)25-19-7-3-4-8-27(19)22(16)28/h1-8,13H,9-12H2/b15-13+. The minimum absolute atomic E-state index is 0.212. The van der Waals surface area contributed by atoms with Gasteiger partial charge in [0.25, 0.3) is 5.56 Å². The fraction of sp³-hybridized carbons (Fsp3) is 0.182. The third kappa shape index (κ3) is 3.24. The molecule has 8 heteroatoms. The number of aromatic nitrogens is 3. The second-order valence-corrected chi connectivity index (χ2v) is 7.87. The number of morpholine rings is 1. The van der Waals surface area contributed by atoms with Gasteiger partial charge < -0.3 is 9.64 Å². The van der Waals surface area contributed by atoms with E-state index < -0.39 is 0 Å². The normalized spacial score (nSPS) is 14.9. The van der Waals surface area contributed by atoms with Gasteiger partial charge in [0.2, 0.25) is 0 Å². The number of para-hydroxylation sites is 1. The van der Waals surface area contributed by atoms with E-state index in [9.17, 15) is 10.1 Å². The summed E-state index contributed by atoms with van der Waals surface area (Å²) in [5.41, 5.74) is 1.92. The molecule has 0 unspecified atom stereocenters. The van der Waals surface area contributed by atoms with Crippen molar-refractivity contribution in [3.63, 3.8) is 0 Å². The number of nitrogens with zero attached hydrogens (tertiary/aromatic N) is 5. The SMILES string of the molecule is N#C/C(=C\c1c(N2CCOCC2)nc2ccccn2c1=O)c1nc2ccccc2s1. The molecule has 3 aromatic heterocycles. The first-order chi connectivity index (χ1) is 14.7. The van der Waals surface area contributed by atoms with Gasteiger partial charge in [0.05, 0.1) is 34.6 Å². The maximum absolute atomic E-state index is 13.3. The lowest BCUT2D eigenvalue weighted by Gasteiger charge is -2.29. The molecular formula is C22H17N5O2S. The molecule has 0 N–H and O–H groups in total. The highest BCUT2D eigenvalue weighted by Crippen LogP contribution is 2.29. The van der Waals surface area contributed by atoms with Gasteiger partial charge in [-0.2, -0.15) is 5.26 Å². The largest absolute Gasteiger partial charge is 0.378 e. The van der Waals surface area contributed by atoms with Gasteiger partial charge >= 0.3 is 0 Å². The van der Waals surface area contributed by atoms with E-state index in [-0.39, 0.29) is 5.56 Å². The molecule has 0 saturated carbocycles. The van der Waals surface area contributed by atoms with Crippen LogP contribution in [0.15, 0.2) is 53.5 Å². The molecule has 1 aromatic carbocycles. The number of fused-ring (bicyclic) bond motifs is 2. The Labute approximate surface area is 176 Å². The van der Waals surface area contributed by atoms with Gasteiger partial charge in [-0.1, -0.05) is 18.2 Å². The van der Waals surface area contributed by atoms with Crippen molar-refractivity contribution in [2.45, 2.75) is 0 Å². The third-order valence-corrected chi connectivity index (χ3v) is 6.06. The lowest BCUT2D eigenvalue weighted by molar-refractivity contribution is 0.122. The number of thiazole rings is 1. The van der Waals surface area contributed by atoms with E-state index in [0.717, 1.165) is 10.2 Å². The highest BCUT2D eigenvalue weighted by atomic mass is 32.1. The van der Waals surface area contributed by atoms with Gasteiger partial charge in [-0.3, -0.25) is 9.20 Å². The molecule has 30 heavy (non-hydrogen) atoms. The Bertz CT molecular complexity index is 1340. The first-order valence-corrected chi connectivity index (χ1v) is 10.4. The zero-order valence-corrected chi connectivity index (χ0v) is 16.8. The first-order valence-electron chi connectivity index (χ1n) is 9.56. The number of nitriles is 1. The summed E-state index contributed by atoms with van der Waals surface area (Å²) in [6.45, 7) is 2.42. The molecule has 148 valence electrons. The molecule has 0 amide bonds. The van der Waals surface area contributed by atoms with Gasteiger partial charge in [-0.15, -0.1) is 11.3 Å². The molecule has 4 aromatic rings. The number of rotatable bonds is 3. The number of allylic oxidation sites excluding steroid dienone is 1. The van der Waals surface area contributed by atoms with Crippen LogP contribution in [0.5, 0.6) is 0 Å². The van der Waals surface area contributed by atoms with Crippen molar-refractivity contribution in [3.8, 4) is 6.07 Å². The molecule has 5 rings (SSSR count). The Morgan fingerprint density at radius 1 is 1.13 bits per heavy atom. The van der Waals surface area contributed by atoms with Crippen LogP contribution in [0.1, 0.15) is 10.6 Å². The average molecular weight is 415 g/mol. The van der Waals surface area contributed by atoms with Crippen molar-refractivity contribution in [1.29, 1.82) is 5.26 Å². The predicted molar refractivity (Wildman–Crippen MR) is 118 cm³/mol. The third-order valence-electron chi connectivity index (χ3n) is 4.99. The summed E-state index contributed by atoms with van der Waals surface area (Å²) in [6, 6.07) is 15.4. The van der Waals surface area contributed by atoms with Crippen molar-refractivity contribution >= 4 is 44.7 Å². The Kier molecular flexibility index (Phi) is 4.75. The van der Waals surface area contributed by atoms with E-state index >= 15 is 0 Å². The highest BCUT2D eigenvalue weighted by Gasteiger charge is 2.21. The fourth-order valence-electron chi connectivity index (χ4n) is 3.51. The van der Waals surface area contributed by atoms with Crippen molar-refractivity contribution in [2.24, 2.45) is 0 Å². The number of hydrogen-bond acceptors (Lipinski definition) is 7. The van der Waals surface area contributed by atoms with E-state index in [2.05, 4.69) is 11.1 Å². The minimum atomic E-state index is -0.212. The molecule has 1 saturated heterocycles. The molecule has 0 bridgehead atoms. The number of pyridine rings is 1. The highest BCUT2D eigenvalue weighted by molar-refractivity contribution is 7.19. The lowest BCUT2D eigenvalue weighted by atomic mass is 10.1. The van der Waals surface area contributed by atoms with Gasteiger partial charge in [-0.25, -0.2) is 9.97 Å². The Balaban J connectivity index is 1.72. The number of hydrogen-bond donors (Lipinski definition) is 0. The van der Waals surface area contributed by atoms with Gasteiger partial charge in [-0.05, 0) is 30.3 Å². The van der Waals surface area contributed by atoms with Crippen LogP contribution in [-0.2, 0) is 4.74 Å². The van der Waals surface area contributed by atoms with Crippen molar-refractivity contribution in [1.82, 2.24) is 14.4 Å². The molecule has 0 spiro atoms. The van der Waals surface area contributed by atoms with Crippen LogP contribution in [0.4, 0.5) is 5.82 Å². The van der Waals surface area contributed by atoms with Crippen molar-refractivity contribution < 1.29 is 4.74 Å². The molecule has 0 aliphatic carbocycles. The number of benzene rings is 1. The van der Waals surface area contributed by atoms with Crippen LogP contribution in [0.3, 0.4) is 0 Å². The summed E-state index contributed by atoms with van der Waals surface area (Å²) in [5, 5.41) is 10.4. The summed E-state index contributed by atoms with van der Waals surface area (Å²) in [6.07, 6.45) is 3.31. The van der Waals surface area contributed by atoms with Crippen LogP contribution < -0.4 is 10.5 Å². The topological polar surface area (TPSA) is 83.5 Å². The zero-order chi connectivity index (χ0) is 20.5. The average Bonchev–Trinajstić information content (AvgIpc) is 3.23. The van der Waals surface area contributed by atoms with E-state index in [0.29, 0.717) is 53.9 Å². The summed E-state index contributed by atoms with van der Waals surface area (Å²) in [4.78, 5) is 24.7. The van der Waals surface area contributed by atoms with Crippen LogP contribution >= 0.6 is 11.3 Å². The Hall–Kier alpha value is -3.54. The lowest BCUT2D eigenvalue weighted by Crippen LogP contribution is -2.38. The molecule has 1 fully saturated rings. The Morgan fingerprint density at radius 2 is 1.93 bits per heavy atom. The summed E-state index contributed by atoms with van der Waals surface area (Å²) >= 11 is 1.44. The first kappa shape index (κ1) is 18.5. The molecular weight excluding hydrogens is 398 g/mol. The number of anilines is 1. The summed E-state index contributed by atoms with van der Waals surface area (Å²) in [7, 11) is 0. The van der Waals surface area contributed by atoms with Crippen LogP contribution in [0.2, 0.25) is 0 Å². The predicted octanol–water partition coefficient (Wildman–Crippen LogP) is 3.20. The van der Waals surface area contributed by atoms with Gasteiger partial charge in [0, 0.05) is 19.3 Å². The van der Waals surface area contributed by atoms with E-state index in [1.807, 2.05) is 35.2 Å². The summed E-state index contributed by atoms with van der Waals surface area (Å²) in [5.74, 6) is 0.573. The van der Waals surface area contributed by atoms with Gasteiger partial charge in [0.1, 0.15) is 22.5 Å². The van der Waals surface area contributed by atoms with Gasteiger partial charge in [0.15, 0.2) is 0 Å². The molecule has 7 nitrogen and oxygen atoms in total. The van der Waals surface area contributed by atoms with E-state index in [1.54, 1.807) is 24.4 Å².